The Bertz CT molecular complexity index is 998. The molecule has 4 nitrogen and oxygen atoms in total. The molecule has 0 aliphatic carbocycles. The first kappa shape index (κ1) is 20.7. The van der Waals surface area contributed by atoms with Gasteiger partial charge in [-0.25, -0.2) is 0 Å². The Morgan fingerprint density at radius 3 is 2.33 bits per heavy atom. The minimum atomic E-state index is -0.0335. The molecule has 30 heavy (non-hydrogen) atoms. The molecule has 0 spiro atoms. The van der Waals surface area contributed by atoms with Gasteiger partial charge in [0, 0.05) is 29.5 Å². The van der Waals surface area contributed by atoms with Gasteiger partial charge in [0.2, 0.25) is 5.91 Å². The number of aromatic nitrogens is 1. The summed E-state index contributed by atoms with van der Waals surface area (Å²) in [6.07, 6.45) is 6.40. The molecule has 3 aromatic rings. The first-order valence-electron chi connectivity index (χ1n) is 10.9. The van der Waals surface area contributed by atoms with Crippen molar-refractivity contribution in [1.82, 2.24) is 15.2 Å². The number of hydrogen-bond acceptors (Lipinski definition) is 2. The molecule has 4 rings (SSSR count). The zero-order valence-corrected chi connectivity index (χ0v) is 18.5. The van der Waals surface area contributed by atoms with Crippen molar-refractivity contribution < 1.29 is 4.79 Å². The topological polar surface area (TPSA) is 46.1 Å². The largest absolute Gasteiger partial charge is 0.353 e. The second kappa shape index (κ2) is 7.92. The third-order valence-electron chi connectivity index (χ3n) is 6.10. The van der Waals surface area contributed by atoms with E-state index in [1.165, 1.54) is 16.3 Å². The van der Waals surface area contributed by atoms with Gasteiger partial charge in [-0.15, -0.1) is 0 Å². The van der Waals surface area contributed by atoms with Gasteiger partial charge in [0.1, 0.15) is 0 Å². The third kappa shape index (κ3) is 4.59. The number of benzene rings is 2. The molecule has 4 heteroatoms. The monoisotopic (exact) mass is 403 g/mol. The van der Waals surface area contributed by atoms with E-state index in [-0.39, 0.29) is 29.1 Å². The lowest BCUT2D eigenvalue weighted by Gasteiger charge is -2.46. The molecular formula is C26H33N3O. The van der Waals surface area contributed by atoms with Crippen molar-refractivity contribution in [1.29, 1.82) is 0 Å². The minimum absolute atomic E-state index is 0.00909. The van der Waals surface area contributed by atoms with Gasteiger partial charge in [0.05, 0.1) is 12.5 Å². The van der Waals surface area contributed by atoms with Crippen LogP contribution in [0.2, 0.25) is 0 Å². The van der Waals surface area contributed by atoms with E-state index < -0.39 is 0 Å². The van der Waals surface area contributed by atoms with Crippen LogP contribution in [0.15, 0.2) is 67.0 Å². The molecule has 2 N–H and O–H groups in total. The summed E-state index contributed by atoms with van der Waals surface area (Å²) in [5.41, 5.74) is 1.20. The highest BCUT2D eigenvalue weighted by atomic mass is 16.1. The summed E-state index contributed by atoms with van der Waals surface area (Å²) < 4.78 is 2.15. The highest BCUT2D eigenvalue weighted by molar-refractivity contribution is 5.87. The molecule has 2 heterocycles. The van der Waals surface area contributed by atoms with Crippen LogP contribution in [0.25, 0.3) is 10.8 Å². The third-order valence-corrected chi connectivity index (χ3v) is 6.10. The van der Waals surface area contributed by atoms with Gasteiger partial charge in [-0.05, 0) is 69.0 Å². The number of nitrogens with zero attached hydrogens (tertiary/aromatic N) is 1. The van der Waals surface area contributed by atoms with E-state index in [9.17, 15) is 4.79 Å². The summed E-state index contributed by atoms with van der Waals surface area (Å²) in [6, 6.07) is 19.0. The molecule has 1 fully saturated rings. The van der Waals surface area contributed by atoms with Crippen LogP contribution in [0, 0.1) is 0 Å². The van der Waals surface area contributed by atoms with Crippen LogP contribution in [-0.2, 0) is 4.79 Å². The van der Waals surface area contributed by atoms with Crippen molar-refractivity contribution in [2.45, 2.75) is 70.1 Å². The maximum Gasteiger partial charge on any atom is 0.222 e. The van der Waals surface area contributed by atoms with Crippen molar-refractivity contribution in [3.63, 3.8) is 0 Å². The van der Waals surface area contributed by atoms with Gasteiger partial charge >= 0.3 is 0 Å². The Morgan fingerprint density at radius 2 is 1.63 bits per heavy atom. The second-order valence-electron chi connectivity index (χ2n) is 9.98. The van der Waals surface area contributed by atoms with Crippen LogP contribution in [0.5, 0.6) is 0 Å². The zero-order chi connectivity index (χ0) is 21.4. The summed E-state index contributed by atoms with van der Waals surface area (Å²) in [4.78, 5) is 13.2. The fourth-order valence-electron chi connectivity index (χ4n) is 5.36. The molecule has 0 bridgehead atoms. The highest BCUT2D eigenvalue weighted by Crippen LogP contribution is 2.31. The normalized spacial score (nSPS) is 19.5. The standard InChI is InChI=1S/C26H33N3O/c1-25(2)17-20(18-26(3,4)28-25)27-24(30)16-23(29-14-7-8-15-29)22-13-9-11-19-10-5-6-12-21(19)22/h5-15,20,23,28H,16-18H2,1-4H3,(H,27,30)/t23-/m0/s1. The van der Waals surface area contributed by atoms with E-state index in [2.05, 4.69) is 97.8 Å². The van der Waals surface area contributed by atoms with E-state index >= 15 is 0 Å². The number of rotatable bonds is 5. The Balaban J connectivity index is 1.58. The predicted octanol–water partition coefficient (Wildman–Crippen LogP) is 5.05. The number of carbonyl (C=O) groups is 1. The quantitative estimate of drug-likeness (QED) is 0.626. The molecule has 1 saturated heterocycles. The molecule has 1 atom stereocenters. The first-order chi connectivity index (χ1) is 14.2. The summed E-state index contributed by atoms with van der Waals surface area (Å²) >= 11 is 0. The SMILES string of the molecule is CC1(C)CC(NC(=O)C[C@@H](c2cccc3ccccc23)n2cccc2)CC(C)(C)N1. The van der Waals surface area contributed by atoms with Crippen LogP contribution in [0.4, 0.5) is 0 Å². The number of carbonyl (C=O) groups excluding carboxylic acids is 1. The second-order valence-corrected chi connectivity index (χ2v) is 9.98. The lowest BCUT2D eigenvalue weighted by Crippen LogP contribution is -2.62. The predicted molar refractivity (Wildman–Crippen MR) is 124 cm³/mol. The minimum Gasteiger partial charge on any atom is -0.353 e. The van der Waals surface area contributed by atoms with E-state index in [1.54, 1.807) is 0 Å². The Labute approximate surface area is 179 Å². The average molecular weight is 404 g/mol. The van der Waals surface area contributed by atoms with Crippen molar-refractivity contribution in [3.05, 3.63) is 72.6 Å². The molecular weight excluding hydrogens is 370 g/mol. The summed E-state index contributed by atoms with van der Waals surface area (Å²) in [5.74, 6) is 0.111. The maximum atomic E-state index is 13.2. The van der Waals surface area contributed by atoms with Gasteiger partial charge in [0.15, 0.2) is 0 Å². The zero-order valence-electron chi connectivity index (χ0n) is 18.5. The average Bonchev–Trinajstić information content (AvgIpc) is 3.17. The lowest BCUT2D eigenvalue weighted by molar-refractivity contribution is -0.122. The van der Waals surface area contributed by atoms with Crippen molar-refractivity contribution in [3.8, 4) is 0 Å². The fourth-order valence-corrected chi connectivity index (χ4v) is 5.36. The summed E-state index contributed by atoms with van der Waals surface area (Å²) in [5, 5.41) is 9.44. The van der Waals surface area contributed by atoms with E-state index in [0.29, 0.717) is 6.42 Å². The smallest absolute Gasteiger partial charge is 0.222 e. The number of nitrogens with one attached hydrogen (secondary N) is 2. The number of piperidine rings is 1. The molecule has 1 aliphatic heterocycles. The number of fused-ring (bicyclic) bond motifs is 1. The first-order valence-corrected chi connectivity index (χ1v) is 10.9. The van der Waals surface area contributed by atoms with Crippen LogP contribution >= 0.6 is 0 Å². The van der Waals surface area contributed by atoms with Crippen LogP contribution < -0.4 is 10.6 Å². The molecule has 0 radical (unpaired) electrons. The van der Waals surface area contributed by atoms with Gasteiger partial charge in [-0.1, -0.05) is 42.5 Å². The number of amides is 1. The van der Waals surface area contributed by atoms with Crippen LogP contribution in [0.1, 0.15) is 58.6 Å². The summed E-state index contributed by atoms with van der Waals surface area (Å²) in [6.45, 7) is 8.86. The molecule has 1 aromatic heterocycles. The molecule has 0 saturated carbocycles. The Morgan fingerprint density at radius 1 is 1.00 bits per heavy atom. The van der Waals surface area contributed by atoms with Gasteiger partial charge < -0.3 is 15.2 Å². The van der Waals surface area contributed by atoms with E-state index in [1.807, 2.05) is 12.1 Å². The van der Waals surface area contributed by atoms with Crippen LogP contribution in [-0.4, -0.2) is 27.6 Å². The van der Waals surface area contributed by atoms with Crippen molar-refractivity contribution >= 4 is 16.7 Å². The van der Waals surface area contributed by atoms with Crippen molar-refractivity contribution in [2.24, 2.45) is 0 Å². The van der Waals surface area contributed by atoms with Gasteiger partial charge in [-0.2, -0.15) is 0 Å². The highest BCUT2D eigenvalue weighted by Gasteiger charge is 2.38. The molecule has 2 aromatic carbocycles. The van der Waals surface area contributed by atoms with Crippen molar-refractivity contribution in [2.75, 3.05) is 0 Å². The molecule has 0 unspecified atom stereocenters. The van der Waals surface area contributed by atoms with Gasteiger partial charge in [-0.3, -0.25) is 4.79 Å². The fraction of sp³-hybridized carbons (Fsp3) is 0.423. The maximum absolute atomic E-state index is 13.2. The van der Waals surface area contributed by atoms with E-state index in [0.717, 1.165) is 12.8 Å². The number of hydrogen-bond donors (Lipinski definition) is 2. The van der Waals surface area contributed by atoms with Gasteiger partial charge in [0.25, 0.3) is 0 Å². The van der Waals surface area contributed by atoms with Crippen LogP contribution in [0.3, 0.4) is 0 Å². The Kier molecular flexibility index (Phi) is 5.46. The molecule has 1 amide bonds. The molecule has 1 aliphatic rings. The summed E-state index contributed by atoms with van der Waals surface area (Å²) in [7, 11) is 0. The molecule has 158 valence electrons. The van der Waals surface area contributed by atoms with E-state index in [4.69, 9.17) is 0 Å². The lowest BCUT2D eigenvalue weighted by atomic mass is 9.79. The Hall–Kier alpha value is -2.59.